The fourth-order valence-corrected chi connectivity index (χ4v) is 3.97. The van der Waals surface area contributed by atoms with Crippen LogP contribution in [0.5, 0.6) is 0 Å². The van der Waals surface area contributed by atoms with E-state index >= 15 is 0 Å². The zero-order valence-electron chi connectivity index (χ0n) is 13.8. The second kappa shape index (κ2) is 8.26. The smallest absolute Gasteiger partial charge is 0.182 e. The molecule has 3 nitrogen and oxygen atoms in total. The first-order chi connectivity index (χ1) is 12.1. The molecule has 130 valence electrons. The predicted molar refractivity (Wildman–Crippen MR) is 109 cm³/mol. The minimum Gasteiger partial charge on any atom is -0.313 e. The van der Waals surface area contributed by atoms with Gasteiger partial charge in [0.2, 0.25) is 0 Å². The average molecular weight is 393 g/mol. The quantitative estimate of drug-likeness (QED) is 0.623. The van der Waals surface area contributed by atoms with Gasteiger partial charge in [-0.15, -0.1) is 0 Å². The zero-order chi connectivity index (χ0) is 17.8. The SMILES string of the molecule is CCC1CSC(N(CC(=O)c2ccc(Cl)cc2)c2ccc(Cl)cc2)=N1. The molecular formula is C19H18Cl2N2OS. The standard InChI is InChI=1S/C19H18Cl2N2OS/c1-2-16-12-25-19(22-16)23(17-9-7-15(21)8-10-17)11-18(24)13-3-5-14(20)6-4-13/h3-10,16H,2,11-12H2,1H3. The molecule has 1 atom stereocenters. The third kappa shape index (κ3) is 4.57. The summed E-state index contributed by atoms with van der Waals surface area (Å²) in [6.45, 7) is 2.36. The van der Waals surface area contributed by atoms with Crippen LogP contribution in [0.25, 0.3) is 0 Å². The van der Waals surface area contributed by atoms with Crippen LogP contribution in [-0.4, -0.2) is 29.3 Å². The van der Waals surface area contributed by atoms with Crippen molar-refractivity contribution in [2.24, 2.45) is 4.99 Å². The van der Waals surface area contributed by atoms with Crippen LogP contribution in [0.15, 0.2) is 53.5 Å². The molecule has 1 aliphatic heterocycles. The van der Waals surface area contributed by atoms with Crippen molar-refractivity contribution >= 4 is 51.6 Å². The number of carbonyl (C=O) groups excluding carboxylic acids is 1. The van der Waals surface area contributed by atoms with E-state index in [9.17, 15) is 4.79 Å². The van der Waals surface area contributed by atoms with Crippen LogP contribution < -0.4 is 4.90 Å². The maximum Gasteiger partial charge on any atom is 0.182 e. The number of ketones is 1. The van der Waals surface area contributed by atoms with Gasteiger partial charge in [-0.05, 0) is 55.0 Å². The Bertz CT molecular complexity index is 775. The van der Waals surface area contributed by atoms with Crippen LogP contribution in [0.1, 0.15) is 23.7 Å². The van der Waals surface area contributed by atoms with E-state index in [1.165, 1.54) is 0 Å². The monoisotopic (exact) mass is 392 g/mol. The number of nitrogens with zero attached hydrogens (tertiary/aromatic N) is 2. The van der Waals surface area contributed by atoms with Gasteiger partial charge in [-0.1, -0.05) is 41.9 Å². The third-order valence-corrected chi connectivity index (χ3v) is 5.65. The molecule has 0 aliphatic carbocycles. The summed E-state index contributed by atoms with van der Waals surface area (Å²) in [6, 6.07) is 14.8. The molecule has 0 bridgehead atoms. The van der Waals surface area contributed by atoms with Crippen LogP contribution in [0.4, 0.5) is 5.69 Å². The molecule has 25 heavy (non-hydrogen) atoms. The van der Waals surface area contributed by atoms with Crippen molar-refractivity contribution in [3.8, 4) is 0 Å². The van der Waals surface area contributed by atoms with Gasteiger partial charge in [-0.2, -0.15) is 0 Å². The maximum absolute atomic E-state index is 12.7. The van der Waals surface area contributed by atoms with E-state index in [0.717, 1.165) is 23.0 Å². The Kier molecular flexibility index (Phi) is 6.05. The zero-order valence-corrected chi connectivity index (χ0v) is 16.1. The summed E-state index contributed by atoms with van der Waals surface area (Å²) in [7, 11) is 0. The second-order valence-corrected chi connectivity index (χ2v) is 7.64. The molecule has 0 saturated heterocycles. The highest BCUT2D eigenvalue weighted by Crippen LogP contribution is 2.28. The molecule has 2 aromatic rings. The minimum atomic E-state index is 0.0230. The lowest BCUT2D eigenvalue weighted by Gasteiger charge is -2.23. The van der Waals surface area contributed by atoms with Crippen molar-refractivity contribution in [2.45, 2.75) is 19.4 Å². The highest BCUT2D eigenvalue weighted by molar-refractivity contribution is 8.14. The van der Waals surface area contributed by atoms with E-state index < -0.39 is 0 Å². The number of halogens is 2. The number of rotatable bonds is 5. The fraction of sp³-hybridized carbons (Fsp3) is 0.263. The van der Waals surface area contributed by atoms with Gasteiger partial charge in [0.15, 0.2) is 11.0 Å². The lowest BCUT2D eigenvalue weighted by Crippen LogP contribution is -2.33. The largest absolute Gasteiger partial charge is 0.313 e. The first-order valence-electron chi connectivity index (χ1n) is 8.09. The molecule has 1 aliphatic rings. The van der Waals surface area contributed by atoms with Crippen molar-refractivity contribution in [1.29, 1.82) is 0 Å². The van der Waals surface area contributed by atoms with Crippen molar-refractivity contribution in [3.05, 3.63) is 64.1 Å². The van der Waals surface area contributed by atoms with Crippen molar-refractivity contribution in [2.75, 3.05) is 17.2 Å². The van der Waals surface area contributed by atoms with Crippen LogP contribution in [0.2, 0.25) is 10.0 Å². The second-order valence-electron chi connectivity index (χ2n) is 5.78. The van der Waals surface area contributed by atoms with Gasteiger partial charge in [0.25, 0.3) is 0 Å². The summed E-state index contributed by atoms with van der Waals surface area (Å²) in [5, 5.41) is 2.17. The molecule has 1 unspecified atom stereocenters. The van der Waals surface area contributed by atoms with Gasteiger partial charge in [-0.3, -0.25) is 9.79 Å². The molecule has 0 aromatic heterocycles. The minimum absolute atomic E-state index is 0.0230. The molecule has 1 heterocycles. The van der Waals surface area contributed by atoms with Crippen LogP contribution in [0.3, 0.4) is 0 Å². The molecule has 0 amide bonds. The van der Waals surface area contributed by atoms with Crippen LogP contribution >= 0.6 is 35.0 Å². The van der Waals surface area contributed by atoms with Gasteiger partial charge >= 0.3 is 0 Å². The van der Waals surface area contributed by atoms with Gasteiger partial charge in [-0.25, -0.2) is 0 Å². The van der Waals surface area contributed by atoms with Gasteiger partial charge in [0.1, 0.15) is 0 Å². The molecule has 0 spiro atoms. The van der Waals surface area contributed by atoms with Crippen molar-refractivity contribution in [1.82, 2.24) is 0 Å². The highest BCUT2D eigenvalue weighted by atomic mass is 35.5. The molecule has 0 fully saturated rings. The summed E-state index contributed by atoms with van der Waals surface area (Å²) in [5.74, 6) is 0.972. The number of benzene rings is 2. The molecule has 2 aromatic carbocycles. The summed E-state index contributed by atoms with van der Waals surface area (Å²) in [5.41, 5.74) is 1.55. The Hall–Kier alpha value is -1.49. The maximum atomic E-state index is 12.7. The van der Waals surface area contributed by atoms with E-state index in [0.29, 0.717) is 21.7 Å². The van der Waals surface area contributed by atoms with Crippen molar-refractivity contribution < 1.29 is 4.79 Å². The Balaban J connectivity index is 1.87. The number of hydrogen-bond donors (Lipinski definition) is 0. The molecule has 3 rings (SSSR count). The Labute approximate surface area is 162 Å². The van der Waals surface area contributed by atoms with E-state index in [-0.39, 0.29) is 12.3 Å². The summed E-state index contributed by atoms with van der Waals surface area (Å²) in [6.07, 6.45) is 0.996. The van der Waals surface area contributed by atoms with E-state index in [1.54, 1.807) is 36.0 Å². The first kappa shape index (κ1) is 18.3. The lowest BCUT2D eigenvalue weighted by atomic mass is 10.1. The third-order valence-electron chi connectivity index (χ3n) is 4.01. The number of carbonyl (C=O) groups is 1. The average Bonchev–Trinajstić information content (AvgIpc) is 3.10. The summed E-state index contributed by atoms with van der Waals surface area (Å²) >= 11 is 13.6. The van der Waals surface area contributed by atoms with E-state index in [1.807, 2.05) is 29.2 Å². The van der Waals surface area contributed by atoms with E-state index in [2.05, 4.69) is 6.92 Å². The number of hydrogen-bond acceptors (Lipinski definition) is 4. The molecule has 6 heteroatoms. The molecule has 0 N–H and O–H groups in total. The van der Waals surface area contributed by atoms with Crippen LogP contribution in [0, 0.1) is 0 Å². The van der Waals surface area contributed by atoms with Gasteiger partial charge in [0, 0.05) is 27.0 Å². The van der Waals surface area contributed by atoms with E-state index in [4.69, 9.17) is 28.2 Å². The van der Waals surface area contributed by atoms with Gasteiger partial charge in [0.05, 0.1) is 12.6 Å². The Morgan fingerprint density at radius 2 is 1.72 bits per heavy atom. The Morgan fingerprint density at radius 3 is 2.28 bits per heavy atom. The first-order valence-corrected chi connectivity index (χ1v) is 9.83. The number of amidine groups is 1. The summed E-state index contributed by atoms with van der Waals surface area (Å²) < 4.78 is 0. The van der Waals surface area contributed by atoms with Crippen molar-refractivity contribution in [3.63, 3.8) is 0 Å². The number of aliphatic imine (C=N–C) groups is 1. The highest BCUT2D eigenvalue weighted by Gasteiger charge is 2.25. The molecule has 0 radical (unpaired) electrons. The van der Waals surface area contributed by atoms with Gasteiger partial charge < -0.3 is 4.90 Å². The number of thioether (sulfide) groups is 1. The fourth-order valence-electron chi connectivity index (χ4n) is 2.52. The summed E-state index contributed by atoms with van der Waals surface area (Å²) in [4.78, 5) is 19.5. The normalized spacial score (nSPS) is 16.6. The molecular weight excluding hydrogens is 375 g/mol. The molecule has 0 saturated carbocycles. The number of anilines is 1. The lowest BCUT2D eigenvalue weighted by molar-refractivity contribution is 0.100. The number of Topliss-reactive ketones (excluding diaryl/α,β-unsaturated/α-hetero) is 1. The Morgan fingerprint density at radius 1 is 1.12 bits per heavy atom. The predicted octanol–water partition coefficient (Wildman–Crippen LogP) is 5.56. The van der Waals surface area contributed by atoms with Crippen LogP contribution in [-0.2, 0) is 0 Å². The topological polar surface area (TPSA) is 32.7 Å².